The SMILES string of the molecule is COc1ccc(C(=O)Nc2cccc(NC(C)=O)c2C)cc1[N+](=O)[O-]. The Bertz CT molecular complexity index is 848. The second-order valence-corrected chi connectivity index (χ2v) is 5.26. The molecule has 0 unspecified atom stereocenters. The molecular formula is C17H17N3O5. The van der Waals surface area contributed by atoms with E-state index in [1.807, 2.05) is 0 Å². The first-order chi connectivity index (χ1) is 11.8. The summed E-state index contributed by atoms with van der Waals surface area (Å²) in [5.74, 6) is -0.656. The van der Waals surface area contributed by atoms with E-state index >= 15 is 0 Å². The van der Waals surface area contributed by atoms with Gasteiger partial charge in [-0.2, -0.15) is 0 Å². The number of ether oxygens (including phenoxy) is 1. The smallest absolute Gasteiger partial charge is 0.311 e. The molecule has 2 aromatic carbocycles. The molecule has 0 atom stereocenters. The highest BCUT2D eigenvalue weighted by Crippen LogP contribution is 2.28. The number of carbonyl (C=O) groups is 2. The Balaban J connectivity index is 2.30. The van der Waals surface area contributed by atoms with Crippen LogP contribution >= 0.6 is 0 Å². The maximum absolute atomic E-state index is 12.4. The fraction of sp³-hybridized carbons (Fsp3) is 0.176. The van der Waals surface area contributed by atoms with Crippen molar-refractivity contribution in [2.45, 2.75) is 13.8 Å². The number of nitrogens with one attached hydrogen (secondary N) is 2. The molecule has 2 N–H and O–H groups in total. The van der Waals surface area contributed by atoms with Gasteiger partial charge in [0.2, 0.25) is 5.91 Å². The minimum Gasteiger partial charge on any atom is -0.490 e. The van der Waals surface area contributed by atoms with E-state index in [4.69, 9.17) is 4.74 Å². The Morgan fingerprint density at radius 2 is 1.76 bits per heavy atom. The minimum atomic E-state index is -0.613. The molecule has 0 spiro atoms. The zero-order valence-electron chi connectivity index (χ0n) is 14.0. The lowest BCUT2D eigenvalue weighted by Gasteiger charge is -2.13. The molecule has 8 nitrogen and oxygen atoms in total. The van der Waals surface area contributed by atoms with Gasteiger partial charge >= 0.3 is 5.69 Å². The van der Waals surface area contributed by atoms with Gasteiger partial charge in [-0.05, 0) is 36.8 Å². The third-order valence-corrected chi connectivity index (χ3v) is 3.53. The Labute approximate surface area is 144 Å². The van der Waals surface area contributed by atoms with Crippen LogP contribution in [-0.4, -0.2) is 23.8 Å². The molecular weight excluding hydrogens is 326 g/mol. The first-order valence-electron chi connectivity index (χ1n) is 7.34. The van der Waals surface area contributed by atoms with Gasteiger partial charge in [0, 0.05) is 29.9 Å². The fourth-order valence-corrected chi connectivity index (χ4v) is 2.26. The summed E-state index contributed by atoms with van der Waals surface area (Å²) in [4.78, 5) is 34.1. The van der Waals surface area contributed by atoms with E-state index in [9.17, 15) is 19.7 Å². The number of benzene rings is 2. The molecule has 25 heavy (non-hydrogen) atoms. The Morgan fingerprint density at radius 3 is 2.32 bits per heavy atom. The fourth-order valence-electron chi connectivity index (χ4n) is 2.26. The van der Waals surface area contributed by atoms with Gasteiger partial charge < -0.3 is 15.4 Å². The summed E-state index contributed by atoms with van der Waals surface area (Å²) >= 11 is 0. The van der Waals surface area contributed by atoms with Crippen LogP contribution in [0.25, 0.3) is 0 Å². The molecule has 8 heteroatoms. The Morgan fingerprint density at radius 1 is 1.12 bits per heavy atom. The molecule has 2 rings (SSSR count). The average Bonchev–Trinajstić information content (AvgIpc) is 2.57. The van der Waals surface area contributed by atoms with Crippen LogP contribution in [-0.2, 0) is 4.79 Å². The number of carbonyl (C=O) groups excluding carboxylic acids is 2. The van der Waals surface area contributed by atoms with E-state index in [1.54, 1.807) is 25.1 Å². The van der Waals surface area contributed by atoms with E-state index in [-0.39, 0.29) is 22.9 Å². The lowest BCUT2D eigenvalue weighted by molar-refractivity contribution is -0.385. The molecule has 130 valence electrons. The third-order valence-electron chi connectivity index (χ3n) is 3.53. The van der Waals surface area contributed by atoms with Crippen molar-refractivity contribution in [2.75, 3.05) is 17.7 Å². The molecule has 0 aromatic heterocycles. The average molecular weight is 343 g/mol. The normalized spacial score (nSPS) is 10.0. The minimum absolute atomic E-state index is 0.0744. The molecule has 0 saturated carbocycles. The molecule has 0 fully saturated rings. The molecule has 0 heterocycles. The molecule has 0 aliphatic heterocycles. The van der Waals surface area contributed by atoms with Crippen LogP contribution < -0.4 is 15.4 Å². The van der Waals surface area contributed by atoms with Gasteiger partial charge in [-0.1, -0.05) is 6.07 Å². The number of hydrogen-bond donors (Lipinski definition) is 2. The summed E-state index contributed by atoms with van der Waals surface area (Å²) in [6.07, 6.45) is 0. The predicted molar refractivity (Wildman–Crippen MR) is 93.1 cm³/mol. The summed E-state index contributed by atoms with van der Waals surface area (Å²) in [6.45, 7) is 3.14. The number of nitro benzene ring substituents is 1. The second-order valence-electron chi connectivity index (χ2n) is 5.26. The van der Waals surface area contributed by atoms with E-state index in [2.05, 4.69) is 10.6 Å². The van der Waals surface area contributed by atoms with Crippen LogP contribution in [0.3, 0.4) is 0 Å². The molecule has 2 aromatic rings. The van der Waals surface area contributed by atoms with E-state index < -0.39 is 10.8 Å². The van der Waals surface area contributed by atoms with Gasteiger partial charge in [0.25, 0.3) is 5.91 Å². The van der Waals surface area contributed by atoms with Gasteiger partial charge in [0.1, 0.15) is 0 Å². The number of methoxy groups -OCH3 is 1. The van der Waals surface area contributed by atoms with Gasteiger partial charge in [0.05, 0.1) is 12.0 Å². The highest BCUT2D eigenvalue weighted by atomic mass is 16.6. The van der Waals surface area contributed by atoms with Crippen LogP contribution in [0.5, 0.6) is 5.75 Å². The van der Waals surface area contributed by atoms with Crippen molar-refractivity contribution in [2.24, 2.45) is 0 Å². The predicted octanol–water partition coefficient (Wildman–Crippen LogP) is 3.12. The number of anilines is 2. The van der Waals surface area contributed by atoms with Gasteiger partial charge in [0.15, 0.2) is 5.75 Å². The van der Waals surface area contributed by atoms with Crippen LogP contribution in [0.15, 0.2) is 36.4 Å². The third kappa shape index (κ3) is 4.11. The standard InChI is InChI=1S/C17H17N3O5/c1-10-13(18-11(2)21)5-4-6-14(10)19-17(22)12-7-8-16(25-3)15(9-12)20(23)24/h4-9H,1-3H3,(H,18,21)(H,19,22). The van der Waals surface area contributed by atoms with Crippen LogP contribution in [0.4, 0.5) is 17.1 Å². The lowest BCUT2D eigenvalue weighted by Crippen LogP contribution is -2.14. The van der Waals surface area contributed by atoms with Crippen molar-refractivity contribution in [3.05, 3.63) is 57.6 Å². The lowest BCUT2D eigenvalue weighted by atomic mass is 10.1. The molecule has 0 aliphatic rings. The first kappa shape index (κ1) is 17.9. The summed E-state index contributed by atoms with van der Waals surface area (Å²) < 4.78 is 4.92. The maximum atomic E-state index is 12.4. The van der Waals surface area contributed by atoms with E-state index in [0.717, 1.165) is 6.07 Å². The number of nitro groups is 1. The summed E-state index contributed by atoms with van der Waals surface area (Å²) in [5.41, 5.74) is 1.57. The highest BCUT2D eigenvalue weighted by molar-refractivity contribution is 6.05. The van der Waals surface area contributed by atoms with Crippen LogP contribution in [0, 0.1) is 17.0 Å². The van der Waals surface area contributed by atoms with Crippen molar-refractivity contribution >= 4 is 28.9 Å². The van der Waals surface area contributed by atoms with Gasteiger partial charge in [-0.25, -0.2) is 0 Å². The quantitative estimate of drug-likeness (QED) is 0.640. The highest BCUT2D eigenvalue weighted by Gasteiger charge is 2.18. The number of nitrogens with zero attached hydrogens (tertiary/aromatic N) is 1. The van der Waals surface area contributed by atoms with Gasteiger partial charge in [-0.3, -0.25) is 19.7 Å². The van der Waals surface area contributed by atoms with Crippen molar-refractivity contribution < 1.29 is 19.2 Å². The zero-order chi connectivity index (χ0) is 18.6. The summed E-state index contributed by atoms with van der Waals surface area (Å²) in [7, 11) is 1.32. The summed E-state index contributed by atoms with van der Waals surface area (Å²) in [5, 5.41) is 16.4. The summed E-state index contributed by atoms with van der Waals surface area (Å²) in [6, 6.07) is 9.04. The van der Waals surface area contributed by atoms with Gasteiger partial charge in [-0.15, -0.1) is 0 Å². The molecule has 0 saturated heterocycles. The first-order valence-corrected chi connectivity index (χ1v) is 7.34. The topological polar surface area (TPSA) is 111 Å². The van der Waals surface area contributed by atoms with E-state index in [0.29, 0.717) is 16.9 Å². The van der Waals surface area contributed by atoms with Crippen molar-refractivity contribution in [3.8, 4) is 5.75 Å². The van der Waals surface area contributed by atoms with E-state index in [1.165, 1.54) is 26.2 Å². The Hall–Kier alpha value is -3.42. The number of rotatable bonds is 5. The second kappa shape index (κ2) is 7.43. The van der Waals surface area contributed by atoms with Crippen LogP contribution in [0.2, 0.25) is 0 Å². The monoisotopic (exact) mass is 343 g/mol. The number of hydrogen-bond acceptors (Lipinski definition) is 5. The van der Waals surface area contributed by atoms with Crippen LogP contribution in [0.1, 0.15) is 22.8 Å². The molecule has 0 radical (unpaired) electrons. The maximum Gasteiger partial charge on any atom is 0.311 e. The largest absolute Gasteiger partial charge is 0.490 e. The number of amides is 2. The van der Waals surface area contributed by atoms with Crippen molar-refractivity contribution in [3.63, 3.8) is 0 Å². The van der Waals surface area contributed by atoms with Crippen molar-refractivity contribution in [1.29, 1.82) is 0 Å². The molecule has 0 bridgehead atoms. The zero-order valence-corrected chi connectivity index (χ0v) is 14.0. The van der Waals surface area contributed by atoms with Crippen molar-refractivity contribution in [1.82, 2.24) is 0 Å². The molecule has 2 amide bonds. The molecule has 0 aliphatic carbocycles. The Kier molecular flexibility index (Phi) is 5.33.